The van der Waals surface area contributed by atoms with Gasteiger partial charge in [-0.15, -0.1) is 0 Å². The number of aryl methyl sites for hydroxylation is 1. The zero-order valence-corrected chi connectivity index (χ0v) is 9.45. The smallest absolute Gasteiger partial charge is 0.0547 e. The van der Waals surface area contributed by atoms with Crippen LogP contribution in [0.5, 0.6) is 0 Å². The van der Waals surface area contributed by atoms with Gasteiger partial charge >= 0.3 is 0 Å². The Bertz CT molecular complexity index is 267. The highest BCUT2D eigenvalue weighted by Crippen LogP contribution is 2.03. The molecule has 1 aromatic heterocycles. The summed E-state index contributed by atoms with van der Waals surface area (Å²) in [5.74, 6) is 0. The lowest BCUT2D eigenvalue weighted by atomic mass is 10.2. The molecule has 2 nitrogen and oxygen atoms in total. The van der Waals surface area contributed by atoms with Crippen LogP contribution in [0.25, 0.3) is 0 Å². The molecule has 0 spiro atoms. The molecule has 2 heteroatoms. The van der Waals surface area contributed by atoms with Crippen molar-refractivity contribution >= 4 is 0 Å². The number of hydrogen-bond acceptors (Lipinski definition) is 2. The molecule has 0 saturated heterocycles. The van der Waals surface area contributed by atoms with E-state index in [1.165, 1.54) is 11.4 Å². The summed E-state index contributed by atoms with van der Waals surface area (Å²) in [6.07, 6.45) is 1.02. The topological polar surface area (TPSA) is 16.1 Å². The Hall–Kier alpha value is -0.890. The van der Waals surface area contributed by atoms with Crippen molar-refractivity contribution in [1.82, 2.24) is 9.88 Å². The van der Waals surface area contributed by atoms with Crippen LogP contribution in [0.2, 0.25) is 0 Å². The van der Waals surface area contributed by atoms with Crippen LogP contribution in [-0.4, -0.2) is 23.0 Å². The highest BCUT2D eigenvalue weighted by atomic mass is 15.1. The molecule has 0 unspecified atom stereocenters. The molecule has 78 valence electrons. The van der Waals surface area contributed by atoms with E-state index in [1.54, 1.807) is 0 Å². The van der Waals surface area contributed by atoms with E-state index < -0.39 is 0 Å². The SMILES string of the molecule is CCc1cccc(CN(CC)CC)n1. The van der Waals surface area contributed by atoms with Gasteiger partial charge in [0.1, 0.15) is 0 Å². The van der Waals surface area contributed by atoms with Crippen LogP contribution in [0.1, 0.15) is 32.2 Å². The maximum atomic E-state index is 4.59. The quantitative estimate of drug-likeness (QED) is 0.712. The summed E-state index contributed by atoms with van der Waals surface area (Å²) in [6, 6.07) is 6.30. The fourth-order valence-corrected chi connectivity index (χ4v) is 1.49. The van der Waals surface area contributed by atoms with E-state index >= 15 is 0 Å². The maximum Gasteiger partial charge on any atom is 0.0547 e. The third-order valence-corrected chi connectivity index (χ3v) is 2.51. The fourth-order valence-electron chi connectivity index (χ4n) is 1.49. The number of rotatable bonds is 5. The first-order valence-corrected chi connectivity index (χ1v) is 5.47. The Morgan fingerprint density at radius 2 is 1.71 bits per heavy atom. The van der Waals surface area contributed by atoms with Crippen LogP contribution in [0.3, 0.4) is 0 Å². The first-order chi connectivity index (χ1) is 6.80. The molecule has 0 atom stereocenters. The second-order valence-corrected chi connectivity index (χ2v) is 3.44. The third-order valence-electron chi connectivity index (χ3n) is 2.51. The molecule has 0 bridgehead atoms. The lowest BCUT2D eigenvalue weighted by molar-refractivity contribution is 0.292. The van der Waals surface area contributed by atoms with Gasteiger partial charge in [-0.25, -0.2) is 0 Å². The van der Waals surface area contributed by atoms with Gasteiger partial charge in [0.05, 0.1) is 5.69 Å². The zero-order chi connectivity index (χ0) is 10.4. The van der Waals surface area contributed by atoms with Gasteiger partial charge in [0.15, 0.2) is 0 Å². The predicted octanol–water partition coefficient (Wildman–Crippen LogP) is 2.49. The Balaban J connectivity index is 2.65. The Morgan fingerprint density at radius 1 is 1.07 bits per heavy atom. The van der Waals surface area contributed by atoms with E-state index in [2.05, 4.69) is 48.9 Å². The van der Waals surface area contributed by atoms with E-state index in [9.17, 15) is 0 Å². The van der Waals surface area contributed by atoms with Crippen molar-refractivity contribution in [2.45, 2.75) is 33.7 Å². The first-order valence-electron chi connectivity index (χ1n) is 5.47. The lowest BCUT2D eigenvalue weighted by Crippen LogP contribution is -2.22. The summed E-state index contributed by atoms with van der Waals surface area (Å²) in [5.41, 5.74) is 2.38. The van der Waals surface area contributed by atoms with E-state index in [4.69, 9.17) is 0 Å². The zero-order valence-electron chi connectivity index (χ0n) is 9.45. The van der Waals surface area contributed by atoms with Crippen LogP contribution in [0.4, 0.5) is 0 Å². The summed E-state index contributed by atoms with van der Waals surface area (Å²) >= 11 is 0. The van der Waals surface area contributed by atoms with Crippen LogP contribution in [0.15, 0.2) is 18.2 Å². The molecule has 0 aromatic carbocycles. The molecule has 0 aliphatic rings. The van der Waals surface area contributed by atoms with Gasteiger partial charge < -0.3 is 0 Å². The largest absolute Gasteiger partial charge is 0.298 e. The van der Waals surface area contributed by atoms with Gasteiger partial charge in [-0.1, -0.05) is 26.8 Å². The average Bonchev–Trinajstić information content (AvgIpc) is 2.26. The van der Waals surface area contributed by atoms with Crippen LogP contribution < -0.4 is 0 Å². The Labute approximate surface area is 87.0 Å². The van der Waals surface area contributed by atoms with Crippen LogP contribution in [0, 0.1) is 0 Å². The summed E-state index contributed by atoms with van der Waals surface area (Å²) in [4.78, 5) is 6.96. The second-order valence-electron chi connectivity index (χ2n) is 3.44. The molecule has 0 radical (unpaired) electrons. The molecule has 0 saturated carbocycles. The molecule has 0 aliphatic carbocycles. The van der Waals surface area contributed by atoms with Crippen molar-refractivity contribution < 1.29 is 0 Å². The van der Waals surface area contributed by atoms with Crippen molar-refractivity contribution in [1.29, 1.82) is 0 Å². The first kappa shape index (κ1) is 11.2. The highest BCUT2D eigenvalue weighted by molar-refractivity contribution is 5.11. The predicted molar refractivity (Wildman–Crippen MR) is 60.2 cm³/mol. The molecule has 14 heavy (non-hydrogen) atoms. The van der Waals surface area contributed by atoms with E-state index in [0.717, 1.165) is 26.1 Å². The summed E-state index contributed by atoms with van der Waals surface area (Å²) in [6.45, 7) is 9.67. The normalized spacial score (nSPS) is 10.9. The van der Waals surface area contributed by atoms with Crippen LogP contribution in [-0.2, 0) is 13.0 Å². The summed E-state index contributed by atoms with van der Waals surface area (Å²) in [5, 5.41) is 0. The van der Waals surface area contributed by atoms with Gasteiger partial charge in [-0.2, -0.15) is 0 Å². The Morgan fingerprint density at radius 3 is 2.29 bits per heavy atom. The van der Waals surface area contributed by atoms with Crippen molar-refractivity contribution in [2.75, 3.05) is 13.1 Å². The van der Waals surface area contributed by atoms with Gasteiger partial charge in [-0.3, -0.25) is 9.88 Å². The molecule has 1 heterocycles. The minimum absolute atomic E-state index is 0.973. The van der Waals surface area contributed by atoms with Crippen LogP contribution >= 0.6 is 0 Å². The summed E-state index contributed by atoms with van der Waals surface area (Å²) in [7, 11) is 0. The van der Waals surface area contributed by atoms with E-state index in [0.29, 0.717) is 0 Å². The molecular weight excluding hydrogens is 172 g/mol. The van der Waals surface area contributed by atoms with E-state index in [1.807, 2.05) is 0 Å². The number of hydrogen-bond donors (Lipinski definition) is 0. The number of nitrogens with zero attached hydrogens (tertiary/aromatic N) is 2. The van der Waals surface area contributed by atoms with E-state index in [-0.39, 0.29) is 0 Å². The molecule has 1 aromatic rings. The van der Waals surface area contributed by atoms with Crippen molar-refractivity contribution in [3.8, 4) is 0 Å². The van der Waals surface area contributed by atoms with Crippen molar-refractivity contribution in [3.05, 3.63) is 29.6 Å². The monoisotopic (exact) mass is 192 g/mol. The van der Waals surface area contributed by atoms with Crippen molar-refractivity contribution in [2.24, 2.45) is 0 Å². The standard InChI is InChI=1S/C12H20N2/c1-4-11-8-7-9-12(13-11)10-14(5-2)6-3/h7-9H,4-6,10H2,1-3H3. The fraction of sp³-hybridized carbons (Fsp3) is 0.583. The Kier molecular flexibility index (Phi) is 4.60. The maximum absolute atomic E-state index is 4.59. The highest BCUT2D eigenvalue weighted by Gasteiger charge is 2.02. The molecule has 0 N–H and O–H groups in total. The molecular formula is C12H20N2. The minimum atomic E-state index is 0.973. The summed E-state index contributed by atoms with van der Waals surface area (Å²) < 4.78 is 0. The third kappa shape index (κ3) is 3.11. The molecule has 0 aliphatic heterocycles. The molecule has 0 fully saturated rings. The molecule has 1 rings (SSSR count). The second kappa shape index (κ2) is 5.76. The van der Waals surface area contributed by atoms with Gasteiger partial charge in [0, 0.05) is 12.2 Å². The number of pyridine rings is 1. The van der Waals surface area contributed by atoms with Gasteiger partial charge in [0.2, 0.25) is 0 Å². The average molecular weight is 192 g/mol. The lowest BCUT2D eigenvalue weighted by Gasteiger charge is -2.17. The van der Waals surface area contributed by atoms with Gasteiger partial charge in [-0.05, 0) is 31.6 Å². The number of aromatic nitrogens is 1. The molecule has 0 amide bonds. The van der Waals surface area contributed by atoms with Gasteiger partial charge in [0.25, 0.3) is 0 Å². The minimum Gasteiger partial charge on any atom is -0.298 e. The van der Waals surface area contributed by atoms with Crippen molar-refractivity contribution in [3.63, 3.8) is 0 Å².